The molecule has 0 unspecified atom stereocenters. The fraction of sp³-hybridized carbons (Fsp3) is 0.286. The second-order valence-corrected chi connectivity index (χ2v) is 7.40. The number of hydrogen-bond donors (Lipinski definition) is 1. The Bertz CT molecular complexity index is 1050. The number of nitrogens with zero attached hydrogens (tertiary/aromatic N) is 6. The first-order valence-electron chi connectivity index (χ1n) is 9.73. The van der Waals surface area contributed by atoms with Gasteiger partial charge in [0.1, 0.15) is 12.1 Å². The lowest BCUT2D eigenvalue weighted by Gasteiger charge is -2.31. The Morgan fingerprint density at radius 3 is 2.76 bits per heavy atom. The van der Waals surface area contributed by atoms with Crippen molar-refractivity contribution in [2.45, 2.75) is 25.8 Å². The lowest BCUT2D eigenvalue weighted by Crippen LogP contribution is -2.46. The van der Waals surface area contributed by atoms with Gasteiger partial charge >= 0.3 is 6.03 Å². The van der Waals surface area contributed by atoms with E-state index in [1.54, 1.807) is 23.4 Å². The molecule has 0 aromatic carbocycles. The zero-order chi connectivity index (χ0) is 19.8. The van der Waals surface area contributed by atoms with E-state index >= 15 is 0 Å². The van der Waals surface area contributed by atoms with E-state index < -0.39 is 0 Å². The largest absolute Gasteiger partial charge is 0.368 e. The number of aromatic nitrogens is 4. The number of amides is 2. The SMILES string of the molecule is Cc1cncc(-c2ccc3c(n2)N(C(=O)Nc2ccncn2)C2CCN3CC2)c1. The van der Waals surface area contributed by atoms with Crippen LogP contribution in [0.2, 0.25) is 0 Å². The molecule has 29 heavy (non-hydrogen) atoms. The van der Waals surface area contributed by atoms with Crippen LogP contribution in [0, 0.1) is 6.92 Å². The van der Waals surface area contributed by atoms with Gasteiger partial charge in [0.2, 0.25) is 0 Å². The van der Waals surface area contributed by atoms with Crippen LogP contribution in [0.4, 0.5) is 22.1 Å². The van der Waals surface area contributed by atoms with Crippen LogP contribution in [0.3, 0.4) is 0 Å². The number of anilines is 3. The van der Waals surface area contributed by atoms with Crippen LogP contribution in [0.5, 0.6) is 0 Å². The molecule has 8 nitrogen and oxygen atoms in total. The Labute approximate surface area is 168 Å². The molecule has 3 aromatic heterocycles. The van der Waals surface area contributed by atoms with Crippen molar-refractivity contribution in [2.75, 3.05) is 28.2 Å². The molecule has 3 aromatic rings. The number of urea groups is 1. The summed E-state index contributed by atoms with van der Waals surface area (Å²) in [5.74, 6) is 1.17. The van der Waals surface area contributed by atoms with Gasteiger partial charge in [0.05, 0.1) is 11.4 Å². The van der Waals surface area contributed by atoms with Gasteiger partial charge in [-0.25, -0.2) is 19.7 Å². The van der Waals surface area contributed by atoms with E-state index in [0.29, 0.717) is 11.6 Å². The molecule has 1 saturated heterocycles. The van der Waals surface area contributed by atoms with E-state index in [1.807, 2.05) is 19.2 Å². The summed E-state index contributed by atoms with van der Waals surface area (Å²) in [7, 11) is 0. The summed E-state index contributed by atoms with van der Waals surface area (Å²) in [6, 6.07) is 7.70. The zero-order valence-electron chi connectivity index (χ0n) is 16.1. The third-order valence-electron chi connectivity index (χ3n) is 5.46. The summed E-state index contributed by atoms with van der Waals surface area (Å²) in [5, 5.41) is 2.90. The Morgan fingerprint density at radius 1 is 1.14 bits per heavy atom. The Hall–Kier alpha value is -3.55. The van der Waals surface area contributed by atoms with Crippen LogP contribution in [0.1, 0.15) is 18.4 Å². The number of nitrogens with one attached hydrogen (secondary N) is 1. The predicted molar refractivity (Wildman–Crippen MR) is 111 cm³/mol. The summed E-state index contributed by atoms with van der Waals surface area (Å²) in [4.78, 5) is 34.6. The first kappa shape index (κ1) is 17.5. The van der Waals surface area contributed by atoms with Crippen molar-refractivity contribution in [2.24, 2.45) is 0 Å². The van der Waals surface area contributed by atoms with Gasteiger partial charge in [-0.15, -0.1) is 0 Å². The van der Waals surface area contributed by atoms with Crippen LogP contribution >= 0.6 is 0 Å². The Kier molecular flexibility index (Phi) is 4.31. The highest BCUT2D eigenvalue weighted by Crippen LogP contribution is 2.39. The number of piperidine rings is 1. The van der Waals surface area contributed by atoms with Gasteiger partial charge in [0.25, 0.3) is 0 Å². The van der Waals surface area contributed by atoms with Crippen molar-refractivity contribution in [3.63, 3.8) is 0 Å². The van der Waals surface area contributed by atoms with Crippen molar-refractivity contribution in [3.8, 4) is 11.3 Å². The first-order chi connectivity index (χ1) is 14.2. The van der Waals surface area contributed by atoms with Crippen molar-refractivity contribution >= 4 is 23.4 Å². The summed E-state index contributed by atoms with van der Waals surface area (Å²) in [6.45, 7) is 3.84. The number of aryl methyl sites for hydroxylation is 1. The second kappa shape index (κ2) is 7.12. The van der Waals surface area contributed by atoms with Crippen molar-refractivity contribution in [1.82, 2.24) is 19.9 Å². The Morgan fingerprint density at radius 2 is 2.00 bits per heavy atom. The van der Waals surface area contributed by atoms with Gasteiger partial charge in [-0.2, -0.15) is 0 Å². The second-order valence-electron chi connectivity index (χ2n) is 7.40. The number of fused-ring (bicyclic) bond motifs is 2. The van der Waals surface area contributed by atoms with Crippen LogP contribution < -0.4 is 15.1 Å². The van der Waals surface area contributed by atoms with Crippen LogP contribution in [-0.2, 0) is 0 Å². The number of rotatable bonds is 2. The van der Waals surface area contributed by atoms with E-state index in [2.05, 4.69) is 37.3 Å². The van der Waals surface area contributed by atoms with Gasteiger partial charge in [0.15, 0.2) is 5.82 Å². The fourth-order valence-electron chi connectivity index (χ4n) is 4.06. The lowest BCUT2D eigenvalue weighted by atomic mass is 10.1. The lowest BCUT2D eigenvalue weighted by molar-refractivity contribution is 0.253. The number of carbonyl (C=O) groups excluding carboxylic acids is 1. The minimum Gasteiger partial charge on any atom is -0.368 e. The fourth-order valence-corrected chi connectivity index (χ4v) is 4.06. The van der Waals surface area contributed by atoms with Crippen molar-refractivity contribution in [1.29, 1.82) is 0 Å². The molecule has 0 radical (unpaired) electrons. The zero-order valence-corrected chi connectivity index (χ0v) is 16.1. The molecule has 6 heterocycles. The standard InChI is InChI=1S/C21H21N7O/c1-14-10-15(12-23-11-14)17-2-3-18-20(25-17)28(16-5-8-27(18)9-6-16)21(29)26-19-4-7-22-13-24-19/h2-4,7,10-13,16H,5-6,8-9H2,1H3,(H,22,24,26,29). The minimum absolute atomic E-state index is 0.104. The van der Waals surface area contributed by atoms with Crippen molar-refractivity contribution in [3.05, 3.63) is 54.7 Å². The molecule has 2 bridgehead atoms. The molecule has 0 atom stereocenters. The van der Waals surface area contributed by atoms with Gasteiger partial charge in [-0.1, -0.05) is 0 Å². The normalized spacial score (nSPS) is 15.8. The molecular formula is C21H21N7O. The minimum atomic E-state index is -0.217. The number of pyridine rings is 2. The number of carbonyl (C=O) groups is 1. The van der Waals surface area contributed by atoms with Crippen LogP contribution in [0.15, 0.2) is 49.2 Å². The summed E-state index contributed by atoms with van der Waals surface area (Å²) < 4.78 is 0. The highest BCUT2D eigenvalue weighted by Gasteiger charge is 2.37. The molecule has 0 saturated carbocycles. The molecule has 1 fully saturated rings. The molecular weight excluding hydrogens is 366 g/mol. The van der Waals surface area contributed by atoms with Crippen LogP contribution in [0.25, 0.3) is 11.3 Å². The molecule has 1 N–H and O–H groups in total. The molecule has 6 rings (SSSR count). The molecule has 3 aliphatic heterocycles. The molecule has 146 valence electrons. The molecule has 0 aliphatic carbocycles. The summed E-state index contributed by atoms with van der Waals surface area (Å²) in [6.07, 6.45) is 8.48. The Balaban J connectivity index is 1.57. The third-order valence-corrected chi connectivity index (χ3v) is 5.46. The van der Waals surface area contributed by atoms with E-state index in [0.717, 1.165) is 48.4 Å². The predicted octanol–water partition coefficient (Wildman–Crippen LogP) is 3.26. The smallest absolute Gasteiger partial charge is 0.328 e. The topological polar surface area (TPSA) is 87.1 Å². The van der Waals surface area contributed by atoms with Gasteiger partial charge in [0, 0.05) is 43.3 Å². The molecule has 3 aliphatic rings. The van der Waals surface area contributed by atoms with E-state index in [9.17, 15) is 4.79 Å². The monoisotopic (exact) mass is 387 g/mol. The van der Waals surface area contributed by atoms with E-state index in [-0.39, 0.29) is 12.1 Å². The van der Waals surface area contributed by atoms with Gasteiger partial charge in [-0.05, 0) is 49.6 Å². The third kappa shape index (κ3) is 3.26. The summed E-state index contributed by atoms with van der Waals surface area (Å²) >= 11 is 0. The molecule has 2 amide bonds. The maximum absolute atomic E-state index is 13.3. The maximum Gasteiger partial charge on any atom is 0.328 e. The van der Waals surface area contributed by atoms with Gasteiger partial charge < -0.3 is 4.90 Å². The summed E-state index contributed by atoms with van der Waals surface area (Å²) in [5.41, 5.74) is 3.81. The van der Waals surface area contributed by atoms with E-state index in [1.165, 1.54) is 6.33 Å². The first-order valence-corrected chi connectivity index (χ1v) is 9.73. The average molecular weight is 387 g/mol. The highest BCUT2D eigenvalue weighted by atomic mass is 16.2. The molecule has 8 heteroatoms. The average Bonchev–Trinajstić information content (AvgIpc) is 3.00. The van der Waals surface area contributed by atoms with Crippen molar-refractivity contribution < 1.29 is 4.79 Å². The van der Waals surface area contributed by atoms with E-state index in [4.69, 9.17) is 4.98 Å². The quantitative estimate of drug-likeness (QED) is 0.726. The van der Waals surface area contributed by atoms with Gasteiger partial charge in [-0.3, -0.25) is 15.2 Å². The van der Waals surface area contributed by atoms with Crippen LogP contribution in [-0.4, -0.2) is 45.1 Å². The highest BCUT2D eigenvalue weighted by molar-refractivity contribution is 6.03. The molecule has 0 spiro atoms. The number of hydrogen-bond acceptors (Lipinski definition) is 6. The maximum atomic E-state index is 13.3.